The van der Waals surface area contributed by atoms with Gasteiger partial charge in [0, 0.05) is 29.1 Å². The maximum atomic E-state index is 14.7. The molecule has 0 unspecified atom stereocenters. The van der Waals surface area contributed by atoms with Gasteiger partial charge in [-0.15, -0.1) is 10.2 Å². The molecule has 5 heterocycles. The van der Waals surface area contributed by atoms with E-state index in [2.05, 4.69) is 21.2 Å². The van der Waals surface area contributed by atoms with E-state index in [9.17, 15) is 4.39 Å². The lowest BCUT2D eigenvalue weighted by Gasteiger charge is -2.16. The minimum Gasteiger partial charge on any atom is -0.493 e. The van der Waals surface area contributed by atoms with Crippen molar-refractivity contribution in [1.82, 2.24) is 19.6 Å². The van der Waals surface area contributed by atoms with Crippen molar-refractivity contribution in [2.24, 2.45) is 0 Å². The van der Waals surface area contributed by atoms with Gasteiger partial charge in [-0.05, 0) is 55.2 Å². The van der Waals surface area contributed by atoms with Gasteiger partial charge in [0.2, 0.25) is 0 Å². The van der Waals surface area contributed by atoms with Crippen LogP contribution < -0.4 is 9.47 Å². The molecule has 0 aliphatic carbocycles. The second-order valence-electron chi connectivity index (χ2n) is 7.90. The van der Waals surface area contributed by atoms with Crippen LogP contribution >= 0.6 is 0 Å². The first kappa shape index (κ1) is 17.4. The quantitative estimate of drug-likeness (QED) is 0.483. The van der Waals surface area contributed by atoms with Crippen LogP contribution in [0.2, 0.25) is 0 Å². The first-order chi connectivity index (χ1) is 14.7. The summed E-state index contributed by atoms with van der Waals surface area (Å²) in [6.07, 6.45) is 6.51. The van der Waals surface area contributed by atoms with E-state index in [-0.39, 0.29) is 11.7 Å². The minimum absolute atomic E-state index is 0.0114. The minimum atomic E-state index is -0.185. The number of pyridine rings is 2. The fraction of sp³-hybridized carbons (Fsp3) is 0.261. The summed E-state index contributed by atoms with van der Waals surface area (Å²) >= 11 is 0. The fourth-order valence-electron chi connectivity index (χ4n) is 4.58. The molecule has 1 atom stereocenters. The molecule has 2 aliphatic rings. The molecule has 6 rings (SSSR count). The van der Waals surface area contributed by atoms with Crippen molar-refractivity contribution < 1.29 is 13.9 Å². The summed E-state index contributed by atoms with van der Waals surface area (Å²) in [4.78, 5) is 4.32. The van der Waals surface area contributed by atoms with E-state index >= 15 is 0 Å². The molecule has 6 nitrogen and oxygen atoms in total. The molecule has 1 aromatic carbocycles. The topological polar surface area (TPSA) is 61.5 Å². The molecule has 0 saturated heterocycles. The van der Waals surface area contributed by atoms with Gasteiger partial charge in [-0.1, -0.05) is 0 Å². The van der Waals surface area contributed by atoms with E-state index in [1.165, 1.54) is 6.07 Å². The largest absolute Gasteiger partial charge is 0.493 e. The van der Waals surface area contributed by atoms with Gasteiger partial charge in [0.05, 0.1) is 24.8 Å². The molecule has 0 bridgehead atoms. The second-order valence-corrected chi connectivity index (χ2v) is 7.90. The van der Waals surface area contributed by atoms with Crippen LogP contribution in [0.5, 0.6) is 11.5 Å². The standard InChI is InChI=1S/C23H19FN4O2/c1-13-6-14(9-25-8-13)17-7-21-19(28-12-26-27-23(17)28)4-2-16-18(24)3-5-20-22(16)15(10-29-20)11-30-21/h3,5-9,12,15H,2,4,10-11H2,1H3/t15-/m1/s1. The van der Waals surface area contributed by atoms with Gasteiger partial charge in [0.15, 0.2) is 5.65 Å². The van der Waals surface area contributed by atoms with Crippen LogP contribution in [-0.4, -0.2) is 32.8 Å². The van der Waals surface area contributed by atoms with Crippen molar-refractivity contribution in [3.05, 3.63) is 71.2 Å². The Balaban J connectivity index is 1.52. The predicted octanol–water partition coefficient (Wildman–Crippen LogP) is 3.89. The molecule has 3 aromatic heterocycles. The first-order valence-corrected chi connectivity index (χ1v) is 10.0. The van der Waals surface area contributed by atoms with Crippen molar-refractivity contribution in [2.45, 2.75) is 25.7 Å². The number of aryl methyl sites for hydroxylation is 2. The van der Waals surface area contributed by atoms with Crippen LogP contribution in [-0.2, 0) is 12.8 Å². The van der Waals surface area contributed by atoms with Crippen molar-refractivity contribution in [2.75, 3.05) is 13.2 Å². The lowest BCUT2D eigenvalue weighted by atomic mass is 9.93. The van der Waals surface area contributed by atoms with Gasteiger partial charge >= 0.3 is 0 Å². The maximum absolute atomic E-state index is 14.7. The highest BCUT2D eigenvalue weighted by molar-refractivity contribution is 5.79. The molecule has 30 heavy (non-hydrogen) atoms. The summed E-state index contributed by atoms with van der Waals surface area (Å²) in [7, 11) is 0. The Bertz CT molecular complexity index is 1300. The number of benzene rings is 1. The highest BCUT2D eigenvalue weighted by Gasteiger charge is 2.31. The van der Waals surface area contributed by atoms with Crippen LogP contribution in [0, 0.1) is 12.7 Å². The van der Waals surface area contributed by atoms with Gasteiger partial charge in [-0.25, -0.2) is 4.39 Å². The Labute approximate surface area is 172 Å². The van der Waals surface area contributed by atoms with Crippen molar-refractivity contribution in [3.8, 4) is 22.6 Å². The summed E-state index contributed by atoms with van der Waals surface area (Å²) in [6.45, 7) is 2.94. The van der Waals surface area contributed by atoms with E-state index < -0.39 is 0 Å². The number of rotatable bonds is 1. The van der Waals surface area contributed by atoms with Gasteiger partial charge < -0.3 is 9.47 Å². The summed E-state index contributed by atoms with van der Waals surface area (Å²) in [6, 6.07) is 7.30. The van der Waals surface area contributed by atoms with Crippen molar-refractivity contribution in [3.63, 3.8) is 0 Å². The SMILES string of the molecule is Cc1cncc(-c2cc3c(n4cnnc24)CCc2c(F)ccc4c2[C@H](CO4)CO3)c1. The molecule has 0 spiro atoms. The highest BCUT2D eigenvalue weighted by Crippen LogP contribution is 2.41. The molecule has 0 N–H and O–H groups in total. The highest BCUT2D eigenvalue weighted by atomic mass is 19.1. The molecule has 0 amide bonds. The van der Waals surface area contributed by atoms with Crippen LogP contribution in [0.3, 0.4) is 0 Å². The van der Waals surface area contributed by atoms with E-state index in [0.29, 0.717) is 26.1 Å². The normalized spacial score (nSPS) is 17.3. The molecule has 0 saturated carbocycles. The summed E-state index contributed by atoms with van der Waals surface area (Å²) < 4.78 is 28.8. The second kappa shape index (κ2) is 6.52. The predicted molar refractivity (Wildman–Crippen MR) is 108 cm³/mol. The van der Waals surface area contributed by atoms with Gasteiger partial charge in [-0.2, -0.15) is 0 Å². The Morgan fingerprint density at radius 2 is 1.93 bits per heavy atom. The average Bonchev–Trinajstić information content (AvgIpc) is 3.39. The van der Waals surface area contributed by atoms with E-state index in [0.717, 1.165) is 50.7 Å². The molecular weight excluding hydrogens is 383 g/mol. The zero-order valence-electron chi connectivity index (χ0n) is 16.4. The van der Waals surface area contributed by atoms with Crippen LogP contribution in [0.4, 0.5) is 4.39 Å². The number of fused-ring (bicyclic) bond motifs is 3. The maximum Gasteiger partial charge on any atom is 0.169 e. The fourth-order valence-corrected chi connectivity index (χ4v) is 4.58. The molecule has 150 valence electrons. The molecule has 7 heteroatoms. The number of ether oxygens (including phenoxy) is 2. The van der Waals surface area contributed by atoms with Crippen LogP contribution in [0.25, 0.3) is 16.8 Å². The van der Waals surface area contributed by atoms with Gasteiger partial charge in [-0.3, -0.25) is 9.38 Å². The summed E-state index contributed by atoms with van der Waals surface area (Å²) in [5.74, 6) is 1.36. The lowest BCUT2D eigenvalue weighted by Crippen LogP contribution is -2.13. The number of nitrogens with zero attached hydrogens (tertiary/aromatic N) is 4. The van der Waals surface area contributed by atoms with Crippen LogP contribution in [0.15, 0.2) is 43.0 Å². The third-order valence-corrected chi connectivity index (χ3v) is 5.99. The molecule has 0 fully saturated rings. The van der Waals surface area contributed by atoms with Crippen molar-refractivity contribution in [1.29, 1.82) is 0 Å². The molecule has 2 aliphatic heterocycles. The average molecular weight is 402 g/mol. The van der Waals surface area contributed by atoms with Crippen molar-refractivity contribution >= 4 is 5.65 Å². The van der Waals surface area contributed by atoms with Gasteiger partial charge in [0.1, 0.15) is 23.6 Å². The van der Waals surface area contributed by atoms with E-state index in [1.54, 1.807) is 12.4 Å². The zero-order chi connectivity index (χ0) is 20.2. The molecular formula is C23H19FN4O2. The lowest BCUT2D eigenvalue weighted by molar-refractivity contribution is 0.246. The van der Waals surface area contributed by atoms with Crippen LogP contribution in [0.1, 0.15) is 28.3 Å². The monoisotopic (exact) mass is 402 g/mol. The zero-order valence-corrected chi connectivity index (χ0v) is 16.4. The Hall–Kier alpha value is -3.48. The third-order valence-electron chi connectivity index (χ3n) is 5.99. The first-order valence-electron chi connectivity index (χ1n) is 10.0. The number of halogens is 1. The van der Waals surface area contributed by atoms with E-state index in [1.807, 2.05) is 29.8 Å². The Morgan fingerprint density at radius 3 is 2.80 bits per heavy atom. The summed E-state index contributed by atoms with van der Waals surface area (Å²) in [5.41, 5.74) is 6.29. The van der Waals surface area contributed by atoms with Gasteiger partial charge in [0.25, 0.3) is 0 Å². The summed E-state index contributed by atoms with van der Waals surface area (Å²) in [5, 5.41) is 8.49. The number of hydrogen-bond donors (Lipinski definition) is 0. The Kier molecular flexibility index (Phi) is 3.78. The Morgan fingerprint density at radius 1 is 1.07 bits per heavy atom. The van der Waals surface area contributed by atoms with E-state index in [4.69, 9.17) is 9.47 Å². The number of aromatic nitrogens is 4. The number of hydrogen-bond acceptors (Lipinski definition) is 5. The third kappa shape index (κ3) is 2.58. The smallest absolute Gasteiger partial charge is 0.169 e. The molecule has 0 radical (unpaired) electrons. The molecule has 4 aromatic rings.